The number of hydrogen-bond donors (Lipinski definition) is 0. The first-order chi connectivity index (χ1) is 7.71. The fourth-order valence-corrected chi connectivity index (χ4v) is 2.60. The van der Waals surface area contributed by atoms with Crippen molar-refractivity contribution in [1.82, 2.24) is 4.90 Å². The van der Waals surface area contributed by atoms with E-state index in [1.807, 2.05) is 0 Å². The van der Waals surface area contributed by atoms with Crippen molar-refractivity contribution in [2.45, 2.75) is 45.6 Å². The average Bonchev–Trinajstić information content (AvgIpc) is 2.64. The van der Waals surface area contributed by atoms with Crippen LogP contribution in [0, 0.1) is 34.5 Å². The Morgan fingerprint density at radius 1 is 1.44 bits per heavy atom. The van der Waals surface area contributed by atoms with E-state index in [0.29, 0.717) is 18.9 Å². The quantitative estimate of drug-likeness (QED) is 0.714. The van der Waals surface area contributed by atoms with E-state index in [9.17, 15) is 0 Å². The Hall–Kier alpha value is -1.06. The van der Waals surface area contributed by atoms with Crippen molar-refractivity contribution in [2.75, 3.05) is 13.1 Å². The third kappa shape index (κ3) is 3.51. The highest BCUT2D eigenvalue weighted by Crippen LogP contribution is 2.26. The van der Waals surface area contributed by atoms with E-state index in [2.05, 4.69) is 30.9 Å². The lowest BCUT2D eigenvalue weighted by Gasteiger charge is -2.25. The molecule has 88 valence electrons. The molecule has 1 aliphatic rings. The summed E-state index contributed by atoms with van der Waals surface area (Å²) < 4.78 is 0. The summed E-state index contributed by atoms with van der Waals surface area (Å²) in [6.45, 7) is 6.45. The first-order valence-corrected chi connectivity index (χ1v) is 6.21. The molecule has 0 unspecified atom stereocenters. The van der Waals surface area contributed by atoms with Crippen LogP contribution in [0.5, 0.6) is 0 Å². The molecule has 0 saturated carbocycles. The van der Waals surface area contributed by atoms with Crippen molar-refractivity contribution < 1.29 is 0 Å². The average molecular weight is 219 g/mol. The second-order valence-corrected chi connectivity index (χ2v) is 4.88. The topological polar surface area (TPSA) is 50.8 Å². The molecular weight excluding hydrogens is 198 g/mol. The van der Waals surface area contributed by atoms with Crippen molar-refractivity contribution in [2.24, 2.45) is 11.8 Å². The highest BCUT2D eigenvalue weighted by Gasteiger charge is 2.29. The monoisotopic (exact) mass is 219 g/mol. The van der Waals surface area contributed by atoms with Crippen LogP contribution in [-0.2, 0) is 0 Å². The summed E-state index contributed by atoms with van der Waals surface area (Å²) in [6.07, 6.45) is 3.64. The van der Waals surface area contributed by atoms with Gasteiger partial charge in [0.2, 0.25) is 0 Å². The molecule has 1 fully saturated rings. The largest absolute Gasteiger partial charge is 0.299 e. The zero-order valence-corrected chi connectivity index (χ0v) is 10.3. The van der Waals surface area contributed by atoms with Crippen molar-refractivity contribution in [3.63, 3.8) is 0 Å². The van der Waals surface area contributed by atoms with Gasteiger partial charge in [0.15, 0.2) is 0 Å². The minimum absolute atomic E-state index is 0.0269. The number of hydrogen-bond acceptors (Lipinski definition) is 3. The van der Waals surface area contributed by atoms with Crippen LogP contribution in [0.25, 0.3) is 0 Å². The number of rotatable bonds is 5. The highest BCUT2D eigenvalue weighted by atomic mass is 15.2. The lowest BCUT2D eigenvalue weighted by molar-refractivity contribution is 0.221. The van der Waals surface area contributed by atoms with E-state index in [0.717, 1.165) is 19.0 Å². The third-order valence-corrected chi connectivity index (χ3v) is 3.45. The van der Waals surface area contributed by atoms with Crippen LogP contribution in [0.2, 0.25) is 0 Å². The number of nitriles is 2. The maximum absolute atomic E-state index is 9.05. The lowest BCUT2D eigenvalue weighted by atomic mass is 10.0. The van der Waals surface area contributed by atoms with Gasteiger partial charge in [0.25, 0.3) is 0 Å². The maximum atomic E-state index is 9.05. The van der Waals surface area contributed by atoms with Crippen molar-refractivity contribution in [3.05, 3.63) is 0 Å². The van der Waals surface area contributed by atoms with Gasteiger partial charge in [-0.2, -0.15) is 10.5 Å². The molecule has 0 radical (unpaired) electrons. The van der Waals surface area contributed by atoms with Crippen LogP contribution < -0.4 is 0 Å². The zero-order valence-electron chi connectivity index (χ0n) is 10.3. The van der Waals surface area contributed by atoms with Gasteiger partial charge in [0.1, 0.15) is 0 Å². The molecule has 16 heavy (non-hydrogen) atoms. The highest BCUT2D eigenvalue weighted by molar-refractivity contribution is 4.91. The maximum Gasteiger partial charge on any atom is 0.0669 e. The van der Waals surface area contributed by atoms with Gasteiger partial charge in [0.05, 0.1) is 18.1 Å². The van der Waals surface area contributed by atoms with E-state index in [-0.39, 0.29) is 5.92 Å². The Morgan fingerprint density at radius 2 is 2.19 bits per heavy atom. The van der Waals surface area contributed by atoms with E-state index in [1.165, 1.54) is 12.8 Å². The molecule has 3 nitrogen and oxygen atoms in total. The zero-order chi connectivity index (χ0) is 12.0. The summed E-state index contributed by atoms with van der Waals surface area (Å²) in [5, 5.41) is 17.6. The predicted molar refractivity (Wildman–Crippen MR) is 63.4 cm³/mol. The normalized spacial score (nSPS) is 27.2. The first-order valence-electron chi connectivity index (χ1n) is 6.21. The molecule has 1 rings (SSSR count). The summed E-state index contributed by atoms with van der Waals surface area (Å²) >= 11 is 0. The summed E-state index contributed by atoms with van der Waals surface area (Å²) in [5.41, 5.74) is 0. The fraction of sp³-hybridized carbons (Fsp3) is 0.846. The Morgan fingerprint density at radius 3 is 2.75 bits per heavy atom. The molecule has 1 heterocycles. The van der Waals surface area contributed by atoms with Crippen LogP contribution in [0.4, 0.5) is 0 Å². The smallest absolute Gasteiger partial charge is 0.0669 e. The second-order valence-electron chi connectivity index (χ2n) is 4.88. The van der Waals surface area contributed by atoms with E-state index >= 15 is 0 Å². The summed E-state index contributed by atoms with van der Waals surface area (Å²) in [4.78, 5) is 2.44. The van der Waals surface area contributed by atoms with Crippen molar-refractivity contribution in [1.29, 1.82) is 10.5 Å². The van der Waals surface area contributed by atoms with E-state index in [4.69, 9.17) is 10.5 Å². The van der Waals surface area contributed by atoms with Gasteiger partial charge in [-0.05, 0) is 25.2 Å². The SMILES string of the molecule is CC[C@@H]1C[C@H](C)CN1C[C@H](C#N)CCC#N. The first kappa shape index (κ1) is 13.0. The fourth-order valence-electron chi connectivity index (χ4n) is 2.60. The number of likely N-dealkylation sites (tertiary alicyclic amines) is 1. The number of nitrogens with zero attached hydrogens (tertiary/aromatic N) is 3. The van der Waals surface area contributed by atoms with Crippen LogP contribution >= 0.6 is 0 Å². The molecule has 0 aliphatic carbocycles. The summed E-state index contributed by atoms with van der Waals surface area (Å²) in [7, 11) is 0. The van der Waals surface area contributed by atoms with Crippen LogP contribution in [-0.4, -0.2) is 24.0 Å². The Labute approximate surface area is 98.7 Å². The minimum Gasteiger partial charge on any atom is -0.299 e. The van der Waals surface area contributed by atoms with E-state index < -0.39 is 0 Å². The van der Waals surface area contributed by atoms with Crippen molar-refractivity contribution >= 4 is 0 Å². The van der Waals surface area contributed by atoms with Crippen LogP contribution in [0.1, 0.15) is 39.5 Å². The molecule has 0 amide bonds. The molecule has 1 aliphatic heterocycles. The van der Waals surface area contributed by atoms with Crippen molar-refractivity contribution in [3.8, 4) is 12.1 Å². The standard InChI is InChI=1S/C13H21N3/c1-3-13-7-11(2)9-16(13)10-12(8-15)5-4-6-14/h11-13H,3-5,7,9-10H2,1-2H3/t11-,12-,13+/m0/s1. The molecular formula is C13H21N3. The van der Waals surface area contributed by atoms with Gasteiger partial charge in [-0.25, -0.2) is 0 Å². The molecule has 0 aromatic heterocycles. The van der Waals surface area contributed by atoms with Crippen LogP contribution in [0.15, 0.2) is 0 Å². The molecule has 0 aromatic rings. The summed E-state index contributed by atoms with van der Waals surface area (Å²) in [5.74, 6) is 0.777. The lowest BCUT2D eigenvalue weighted by Crippen LogP contribution is -2.33. The molecule has 1 saturated heterocycles. The van der Waals surface area contributed by atoms with Gasteiger partial charge < -0.3 is 0 Å². The van der Waals surface area contributed by atoms with Gasteiger partial charge in [0, 0.05) is 25.6 Å². The Bertz CT molecular complexity index is 287. The van der Waals surface area contributed by atoms with Gasteiger partial charge >= 0.3 is 0 Å². The summed E-state index contributed by atoms with van der Waals surface area (Å²) in [6, 6.07) is 5.10. The molecule has 3 heteroatoms. The molecule has 0 spiro atoms. The molecule has 3 atom stereocenters. The Kier molecular flexibility index (Phi) is 5.29. The molecule has 0 bridgehead atoms. The minimum atomic E-state index is 0.0269. The Balaban J connectivity index is 2.45. The second kappa shape index (κ2) is 6.51. The van der Waals surface area contributed by atoms with Gasteiger partial charge in [-0.15, -0.1) is 0 Å². The van der Waals surface area contributed by atoms with E-state index in [1.54, 1.807) is 0 Å². The molecule has 0 aromatic carbocycles. The van der Waals surface area contributed by atoms with Crippen LogP contribution in [0.3, 0.4) is 0 Å². The van der Waals surface area contributed by atoms with Gasteiger partial charge in [-0.3, -0.25) is 4.90 Å². The predicted octanol–water partition coefficient (Wildman–Crippen LogP) is 2.55. The van der Waals surface area contributed by atoms with Gasteiger partial charge in [-0.1, -0.05) is 13.8 Å². The third-order valence-electron chi connectivity index (χ3n) is 3.45. The molecule has 0 N–H and O–H groups in total.